The van der Waals surface area contributed by atoms with Gasteiger partial charge in [0.1, 0.15) is 0 Å². The van der Waals surface area contributed by atoms with Crippen molar-refractivity contribution in [2.45, 2.75) is 38.5 Å². The van der Waals surface area contributed by atoms with Gasteiger partial charge in [-0.3, -0.25) is 4.68 Å². The van der Waals surface area contributed by atoms with E-state index in [9.17, 15) is 0 Å². The van der Waals surface area contributed by atoms with Gasteiger partial charge >= 0.3 is 0 Å². The molecule has 0 unspecified atom stereocenters. The van der Waals surface area contributed by atoms with E-state index in [1.165, 1.54) is 5.69 Å². The molecule has 0 amide bonds. The van der Waals surface area contributed by atoms with Crippen LogP contribution in [0.2, 0.25) is 0 Å². The quantitative estimate of drug-likeness (QED) is 0.804. The molecule has 1 aromatic heterocycles. The molecule has 4 nitrogen and oxygen atoms in total. The lowest BCUT2D eigenvalue weighted by Gasteiger charge is -2.34. The summed E-state index contributed by atoms with van der Waals surface area (Å²) in [4.78, 5) is 0. The second-order valence-electron chi connectivity index (χ2n) is 4.31. The van der Waals surface area contributed by atoms with Crippen molar-refractivity contribution in [3.8, 4) is 0 Å². The minimum atomic E-state index is 0.468. The van der Waals surface area contributed by atoms with Crippen LogP contribution in [0.5, 0.6) is 0 Å². The molecule has 0 saturated heterocycles. The van der Waals surface area contributed by atoms with Gasteiger partial charge in [0.25, 0.3) is 0 Å². The molecule has 1 aliphatic rings. The Bertz CT molecular complexity index is 329. The summed E-state index contributed by atoms with van der Waals surface area (Å²) >= 11 is 0. The van der Waals surface area contributed by atoms with Crippen LogP contribution < -0.4 is 5.32 Å². The minimum absolute atomic E-state index is 0.468. The molecule has 1 aromatic rings. The Kier molecular flexibility index (Phi) is 3.07. The summed E-state index contributed by atoms with van der Waals surface area (Å²) < 4.78 is 7.18. The highest BCUT2D eigenvalue weighted by atomic mass is 16.5. The summed E-state index contributed by atoms with van der Waals surface area (Å²) in [7, 11) is 3.77. The molecule has 4 heteroatoms. The van der Waals surface area contributed by atoms with Crippen LogP contribution in [0.15, 0.2) is 6.07 Å². The molecule has 84 valence electrons. The van der Waals surface area contributed by atoms with Crippen molar-refractivity contribution >= 4 is 0 Å². The van der Waals surface area contributed by atoms with Crippen molar-refractivity contribution in [1.29, 1.82) is 0 Å². The maximum absolute atomic E-state index is 5.24. The van der Waals surface area contributed by atoms with Gasteiger partial charge in [-0.2, -0.15) is 5.10 Å². The average Bonchev–Trinajstić information content (AvgIpc) is 2.43. The van der Waals surface area contributed by atoms with Gasteiger partial charge in [-0.25, -0.2) is 0 Å². The summed E-state index contributed by atoms with van der Waals surface area (Å²) in [6.07, 6.45) is 2.73. The zero-order valence-electron chi connectivity index (χ0n) is 9.66. The Hall–Kier alpha value is -0.870. The lowest BCUT2D eigenvalue weighted by atomic mass is 9.89. The van der Waals surface area contributed by atoms with Gasteiger partial charge in [-0.1, -0.05) is 0 Å². The molecule has 0 radical (unpaired) electrons. The zero-order valence-corrected chi connectivity index (χ0v) is 9.66. The van der Waals surface area contributed by atoms with E-state index < -0.39 is 0 Å². The van der Waals surface area contributed by atoms with Crippen molar-refractivity contribution in [2.75, 3.05) is 7.11 Å². The van der Waals surface area contributed by atoms with Gasteiger partial charge in [0, 0.05) is 26.7 Å². The highest BCUT2D eigenvalue weighted by Crippen LogP contribution is 2.22. The lowest BCUT2D eigenvalue weighted by molar-refractivity contribution is 0.0168. The fraction of sp³-hybridized carbons (Fsp3) is 0.727. The summed E-state index contributed by atoms with van der Waals surface area (Å²) in [6.45, 7) is 2.92. The number of hydrogen-bond acceptors (Lipinski definition) is 3. The van der Waals surface area contributed by atoms with E-state index in [0.717, 1.165) is 25.1 Å². The van der Waals surface area contributed by atoms with Crippen LogP contribution in [0.4, 0.5) is 0 Å². The van der Waals surface area contributed by atoms with Crippen LogP contribution >= 0.6 is 0 Å². The Morgan fingerprint density at radius 3 is 2.87 bits per heavy atom. The molecule has 0 aromatic carbocycles. The van der Waals surface area contributed by atoms with Crippen LogP contribution in [0.25, 0.3) is 0 Å². The van der Waals surface area contributed by atoms with Crippen molar-refractivity contribution in [3.63, 3.8) is 0 Å². The largest absolute Gasteiger partial charge is 0.381 e. The van der Waals surface area contributed by atoms with E-state index >= 15 is 0 Å². The Morgan fingerprint density at radius 2 is 2.33 bits per heavy atom. The predicted molar refractivity (Wildman–Crippen MR) is 58.6 cm³/mol. The van der Waals surface area contributed by atoms with Gasteiger partial charge in [-0.15, -0.1) is 0 Å². The molecule has 1 saturated carbocycles. The number of rotatable bonds is 4. The first-order valence-corrected chi connectivity index (χ1v) is 5.44. The number of ether oxygens (including phenoxy) is 1. The van der Waals surface area contributed by atoms with Crippen LogP contribution in [0, 0.1) is 6.92 Å². The molecule has 2 rings (SSSR count). The van der Waals surface area contributed by atoms with E-state index in [1.54, 1.807) is 7.11 Å². The normalized spacial score (nSPS) is 25.3. The maximum Gasteiger partial charge on any atom is 0.0601 e. The molecule has 0 bridgehead atoms. The van der Waals surface area contributed by atoms with Gasteiger partial charge in [0.05, 0.1) is 17.5 Å². The molecule has 0 atom stereocenters. The number of nitrogens with zero attached hydrogens (tertiary/aromatic N) is 2. The number of methoxy groups -OCH3 is 1. The first kappa shape index (κ1) is 10.6. The number of nitrogens with one attached hydrogen (secondary N) is 1. The summed E-state index contributed by atoms with van der Waals surface area (Å²) in [5.74, 6) is 0. The highest BCUT2D eigenvalue weighted by molar-refractivity contribution is 5.08. The average molecular weight is 209 g/mol. The first-order chi connectivity index (χ1) is 7.19. The van der Waals surface area contributed by atoms with Gasteiger partial charge in [0.2, 0.25) is 0 Å². The summed E-state index contributed by atoms with van der Waals surface area (Å²) in [5, 5.41) is 7.83. The van der Waals surface area contributed by atoms with Crippen LogP contribution in [0.1, 0.15) is 24.2 Å². The Labute approximate surface area is 90.6 Å². The topological polar surface area (TPSA) is 39.1 Å². The third-order valence-electron chi connectivity index (χ3n) is 3.10. The molecule has 1 aliphatic carbocycles. The third-order valence-corrected chi connectivity index (χ3v) is 3.10. The molecule has 1 fully saturated rings. The highest BCUT2D eigenvalue weighted by Gasteiger charge is 2.28. The lowest BCUT2D eigenvalue weighted by Crippen LogP contribution is -2.44. The molecule has 0 spiro atoms. The third kappa shape index (κ3) is 2.38. The summed E-state index contributed by atoms with van der Waals surface area (Å²) in [6, 6.07) is 2.74. The fourth-order valence-electron chi connectivity index (χ4n) is 2.00. The van der Waals surface area contributed by atoms with E-state index in [4.69, 9.17) is 4.74 Å². The second kappa shape index (κ2) is 4.33. The van der Waals surface area contributed by atoms with Crippen LogP contribution in [-0.2, 0) is 18.3 Å². The van der Waals surface area contributed by atoms with Crippen molar-refractivity contribution in [2.24, 2.45) is 7.05 Å². The molecular weight excluding hydrogens is 190 g/mol. The van der Waals surface area contributed by atoms with Crippen molar-refractivity contribution in [3.05, 3.63) is 17.5 Å². The van der Waals surface area contributed by atoms with Gasteiger partial charge in [0.15, 0.2) is 0 Å². The van der Waals surface area contributed by atoms with E-state index in [1.807, 2.05) is 18.7 Å². The van der Waals surface area contributed by atoms with E-state index in [-0.39, 0.29) is 0 Å². The second-order valence-corrected chi connectivity index (χ2v) is 4.31. The van der Waals surface area contributed by atoms with Crippen molar-refractivity contribution < 1.29 is 4.74 Å². The number of aromatic nitrogens is 2. The summed E-state index contributed by atoms with van der Waals surface area (Å²) in [5.41, 5.74) is 2.33. The Morgan fingerprint density at radius 1 is 1.60 bits per heavy atom. The molecular formula is C11H19N3O. The zero-order chi connectivity index (χ0) is 10.8. The number of aryl methyl sites for hydroxylation is 2. The van der Waals surface area contributed by atoms with E-state index in [0.29, 0.717) is 12.1 Å². The molecule has 1 N–H and O–H groups in total. The van der Waals surface area contributed by atoms with Gasteiger partial charge in [-0.05, 0) is 25.8 Å². The fourth-order valence-corrected chi connectivity index (χ4v) is 2.00. The van der Waals surface area contributed by atoms with Crippen molar-refractivity contribution in [1.82, 2.24) is 15.1 Å². The smallest absolute Gasteiger partial charge is 0.0601 e. The first-order valence-electron chi connectivity index (χ1n) is 5.44. The molecule has 1 heterocycles. The van der Waals surface area contributed by atoms with E-state index in [2.05, 4.69) is 16.5 Å². The Balaban J connectivity index is 1.77. The minimum Gasteiger partial charge on any atom is -0.381 e. The maximum atomic E-state index is 5.24. The van der Waals surface area contributed by atoms with Crippen LogP contribution in [0.3, 0.4) is 0 Å². The number of hydrogen-bond donors (Lipinski definition) is 1. The molecule has 0 aliphatic heterocycles. The molecule has 15 heavy (non-hydrogen) atoms. The predicted octanol–water partition coefficient (Wildman–Crippen LogP) is 0.996. The standard InChI is InChI=1S/C11H19N3O/c1-8-4-10(14(2)13-8)7-12-9-5-11(6-9)15-3/h4,9,11-12H,5-7H2,1-3H3. The van der Waals surface area contributed by atoms with Crippen LogP contribution in [-0.4, -0.2) is 29.0 Å². The SMILES string of the molecule is COC1CC(NCc2cc(C)nn2C)C1. The monoisotopic (exact) mass is 209 g/mol. The van der Waals surface area contributed by atoms with Gasteiger partial charge < -0.3 is 10.1 Å².